The third-order valence-corrected chi connectivity index (χ3v) is 3.92. The van der Waals surface area contributed by atoms with Crippen LogP contribution in [0.3, 0.4) is 0 Å². The summed E-state index contributed by atoms with van der Waals surface area (Å²) in [5.74, 6) is 0.412. The van der Waals surface area contributed by atoms with E-state index < -0.39 is 5.97 Å². The van der Waals surface area contributed by atoms with E-state index in [2.05, 4.69) is 13.8 Å². The van der Waals surface area contributed by atoms with Crippen LogP contribution in [-0.2, 0) is 4.79 Å². The Kier molecular flexibility index (Phi) is 3.53. The Morgan fingerprint density at radius 1 is 1.64 bits per heavy atom. The second kappa shape index (κ2) is 4.30. The van der Waals surface area contributed by atoms with Gasteiger partial charge in [0.15, 0.2) is 0 Å². The summed E-state index contributed by atoms with van der Waals surface area (Å²) in [6.07, 6.45) is 3.40. The van der Waals surface area contributed by atoms with Crippen LogP contribution in [0.2, 0.25) is 0 Å². The normalized spacial score (nSPS) is 37.4. The van der Waals surface area contributed by atoms with Crippen LogP contribution in [0.15, 0.2) is 0 Å². The van der Waals surface area contributed by atoms with Gasteiger partial charge in [0, 0.05) is 0 Å². The Bertz CT molecular complexity index is 217. The highest BCUT2D eigenvalue weighted by molar-refractivity contribution is 5.68. The molecule has 0 heterocycles. The van der Waals surface area contributed by atoms with Crippen LogP contribution in [0.25, 0.3) is 0 Å². The topological polar surface area (TPSA) is 63.3 Å². The van der Waals surface area contributed by atoms with E-state index in [1.54, 1.807) is 0 Å². The van der Waals surface area contributed by atoms with E-state index in [4.69, 9.17) is 10.8 Å². The molecule has 3 unspecified atom stereocenters. The lowest BCUT2D eigenvalue weighted by Gasteiger charge is -2.34. The molecule has 0 aromatic carbocycles. The fourth-order valence-electron chi connectivity index (χ4n) is 3.19. The smallest absolute Gasteiger partial charge is 0.303 e. The van der Waals surface area contributed by atoms with E-state index in [1.165, 1.54) is 0 Å². The van der Waals surface area contributed by atoms with Crippen LogP contribution in [0, 0.1) is 17.3 Å². The minimum atomic E-state index is -0.706. The molecule has 1 saturated carbocycles. The van der Waals surface area contributed by atoms with Gasteiger partial charge < -0.3 is 10.8 Å². The van der Waals surface area contributed by atoms with Crippen molar-refractivity contribution in [2.24, 2.45) is 23.0 Å². The zero-order valence-electron chi connectivity index (χ0n) is 9.12. The number of carbonyl (C=O) groups is 1. The zero-order valence-corrected chi connectivity index (χ0v) is 9.12. The first-order valence-corrected chi connectivity index (χ1v) is 5.47. The molecule has 1 fully saturated rings. The second-order valence-electron chi connectivity index (χ2n) is 4.67. The van der Waals surface area contributed by atoms with Gasteiger partial charge in [0.2, 0.25) is 0 Å². The zero-order chi connectivity index (χ0) is 10.8. The summed E-state index contributed by atoms with van der Waals surface area (Å²) < 4.78 is 0. The maximum absolute atomic E-state index is 10.8. The highest BCUT2D eigenvalue weighted by Crippen LogP contribution is 2.50. The van der Waals surface area contributed by atoms with Gasteiger partial charge in [-0.25, -0.2) is 0 Å². The van der Waals surface area contributed by atoms with Crippen molar-refractivity contribution in [3.63, 3.8) is 0 Å². The molecule has 3 atom stereocenters. The Morgan fingerprint density at radius 2 is 2.29 bits per heavy atom. The summed E-state index contributed by atoms with van der Waals surface area (Å²) >= 11 is 0. The van der Waals surface area contributed by atoms with Crippen molar-refractivity contribution < 1.29 is 9.90 Å². The SMILES string of the molecule is CCC1C(C)CCC1(CN)CC(=O)O. The van der Waals surface area contributed by atoms with Crippen LogP contribution >= 0.6 is 0 Å². The van der Waals surface area contributed by atoms with E-state index in [1.807, 2.05) is 0 Å². The van der Waals surface area contributed by atoms with Crippen molar-refractivity contribution in [3.8, 4) is 0 Å². The molecular formula is C11H21NO2. The molecule has 82 valence electrons. The van der Waals surface area contributed by atoms with Gasteiger partial charge in [0.1, 0.15) is 0 Å². The van der Waals surface area contributed by atoms with Crippen LogP contribution < -0.4 is 5.73 Å². The van der Waals surface area contributed by atoms with Crippen molar-refractivity contribution in [1.82, 2.24) is 0 Å². The number of aliphatic carboxylic acids is 1. The molecule has 1 aliphatic carbocycles. The van der Waals surface area contributed by atoms with E-state index in [0.717, 1.165) is 19.3 Å². The van der Waals surface area contributed by atoms with Gasteiger partial charge in [-0.3, -0.25) is 4.79 Å². The molecule has 0 spiro atoms. The Morgan fingerprint density at radius 3 is 2.71 bits per heavy atom. The molecule has 3 heteroatoms. The van der Waals surface area contributed by atoms with Crippen LogP contribution in [-0.4, -0.2) is 17.6 Å². The summed E-state index contributed by atoms with van der Waals surface area (Å²) in [5, 5.41) is 8.91. The molecule has 0 bridgehead atoms. The van der Waals surface area contributed by atoms with Gasteiger partial charge in [0.25, 0.3) is 0 Å². The van der Waals surface area contributed by atoms with Crippen molar-refractivity contribution in [2.45, 2.75) is 39.5 Å². The Hall–Kier alpha value is -0.570. The first kappa shape index (κ1) is 11.5. The monoisotopic (exact) mass is 199 g/mol. The van der Waals surface area contributed by atoms with Crippen molar-refractivity contribution in [1.29, 1.82) is 0 Å². The maximum atomic E-state index is 10.8. The predicted molar refractivity (Wildman–Crippen MR) is 55.9 cm³/mol. The molecule has 1 rings (SSSR count). The fourth-order valence-corrected chi connectivity index (χ4v) is 3.19. The summed E-state index contributed by atoms with van der Waals surface area (Å²) in [6, 6.07) is 0. The molecule has 0 aromatic heterocycles. The van der Waals surface area contributed by atoms with Crippen LogP contribution in [0.1, 0.15) is 39.5 Å². The van der Waals surface area contributed by atoms with Crippen LogP contribution in [0.5, 0.6) is 0 Å². The first-order chi connectivity index (χ1) is 6.55. The molecule has 0 aromatic rings. The quantitative estimate of drug-likeness (QED) is 0.726. The first-order valence-electron chi connectivity index (χ1n) is 5.47. The van der Waals surface area contributed by atoms with E-state index in [9.17, 15) is 4.79 Å². The largest absolute Gasteiger partial charge is 0.481 e. The molecule has 0 radical (unpaired) electrons. The number of nitrogens with two attached hydrogens (primary N) is 1. The maximum Gasteiger partial charge on any atom is 0.303 e. The standard InChI is InChI=1S/C11H21NO2/c1-3-9-8(2)4-5-11(9,7-12)6-10(13)14/h8-9H,3-7,12H2,1-2H3,(H,13,14). The number of carboxylic acids is 1. The number of carboxylic acid groups (broad SMARTS) is 1. The van der Waals surface area contributed by atoms with Gasteiger partial charge >= 0.3 is 5.97 Å². The molecule has 14 heavy (non-hydrogen) atoms. The third kappa shape index (κ3) is 1.92. The lowest BCUT2D eigenvalue weighted by Crippen LogP contribution is -2.37. The van der Waals surface area contributed by atoms with Crippen molar-refractivity contribution in [2.75, 3.05) is 6.54 Å². The summed E-state index contributed by atoms with van der Waals surface area (Å²) in [6.45, 7) is 4.87. The van der Waals surface area contributed by atoms with E-state index in [0.29, 0.717) is 18.4 Å². The highest BCUT2D eigenvalue weighted by Gasteiger charge is 2.45. The predicted octanol–water partition coefficient (Wildman–Crippen LogP) is 1.86. The molecule has 3 nitrogen and oxygen atoms in total. The summed E-state index contributed by atoms with van der Waals surface area (Å²) in [4.78, 5) is 10.8. The lowest BCUT2D eigenvalue weighted by molar-refractivity contribution is -0.140. The van der Waals surface area contributed by atoms with Crippen LogP contribution in [0.4, 0.5) is 0 Å². The molecule has 3 N–H and O–H groups in total. The highest BCUT2D eigenvalue weighted by atomic mass is 16.4. The van der Waals surface area contributed by atoms with E-state index >= 15 is 0 Å². The van der Waals surface area contributed by atoms with Crippen molar-refractivity contribution in [3.05, 3.63) is 0 Å². The molecule has 0 saturated heterocycles. The minimum Gasteiger partial charge on any atom is -0.481 e. The summed E-state index contributed by atoms with van der Waals surface area (Å²) in [5.41, 5.74) is 5.66. The number of hydrogen-bond donors (Lipinski definition) is 2. The number of rotatable bonds is 4. The third-order valence-electron chi connectivity index (χ3n) is 3.92. The lowest BCUT2D eigenvalue weighted by atomic mass is 9.72. The van der Waals surface area contributed by atoms with Gasteiger partial charge in [-0.15, -0.1) is 0 Å². The van der Waals surface area contributed by atoms with Crippen molar-refractivity contribution >= 4 is 5.97 Å². The second-order valence-corrected chi connectivity index (χ2v) is 4.67. The Balaban J connectivity index is 2.81. The molecular weight excluding hydrogens is 178 g/mol. The van der Waals surface area contributed by atoms with Gasteiger partial charge in [-0.05, 0) is 36.6 Å². The van der Waals surface area contributed by atoms with Gasteiger partial charge in [0.05, 0.1) is 6.42 Å². The molecule has 0 amide bonds. The average Bonchev–Trinajstić information content (AvgIpc) is 2.43. The number of hydrogen-bond acceptors (Lipinski definition) is 2. The average molecular weight is 199 g/mol. The van der Waals surface area contributed by atoms with Gasteiger partial charge in [-0.1, -0.05) is 20.3 Å². The minimum absolute atomic E-state index is 0.125. The summed E-state index contributed by atoms with van der Waals surface area (Å²) in [7, 11) is 0. The Labute approximate surface area is 85.7 Å². The molecule has 1 aliphatic rings. The fraction of sp³-hybridized carbons (Fsp3) is 0.909. The molecule has 0 aliphatic heterocycles. The van der Waals surface area contributed by atoms with E-state index in [-0.39, 0.29) is 11.8 Å². The van der Waals surface area contributed by atoms with Gasteiger partial charge in [-0.2, -0.15) is 0 Å².